The average Bonchev–Trinajstić information content (AvgIpc) is 3.08. The Morgan fingerprint density at radius 1 is 1.35 bits per heavy atom. The summed E-state index contributed by atoms with van der Waals surface area (Å²) in [6.07, 6.45) is 6.18. The first-order valence-corrected chi connectivity index (χ1v) is 6.31. The van der Waals surface area contributed by atoms with E-state index >= 15 is 0 Å². The van der Waals surface area contributed by atoms with Gasteiger partial charge in [0.15, 0.2) is 0 Å². The molecular formula is C13H15N3O. The second-order valence-corrected chi connectivity index (χ2v) is 4.86. The van der Waals surface area contributed by atoms with Crippen molar-refractivity contribution in [2.75, 3.05) is 6.54 Å². The monoisotopic (exact) mass is 229 g/mol. The summed E-state index contributed by atoms with van der Waals surface area (Å²) >= 11 is 0. The van der Waals surface area contributed by atoms with Crippen molar-refractivity contribution in [3.05, 3.63) is 29.6 Å². The first kappa shape index (κ1) is 9.48. The molecule has 2 aliphatic rings. The van der Waals surface area contributed by atoms with Crippen molar-refractivity contribution in [3.63, 3.8) is 0 Å². The average molecular weight is 229 g/mol. The van der Waals surface area contributed by atoms with Crippen molar-refractivity contribution in [1.29, 1.82) is 0 Å². The van der Waals surface area contributed by atoms with Gasteiger partial charge in [-0.25, -0.2) is 4.98 Å². The van der Waals surface area contributed by atoms with Gasteiger partial charge in [0.1, 0.15) is 11.6 Å². The second-order valence-electron chi connectivity index (χ2n) is 4.86. The number of furan rings is 1. The molecule has 0 bridgehead atoms. The Balaban J connectivity index is 1.79. The number of H-pyrrole nitrogens is 1. The molecule has 1 fully saturated rings. The van der Waals surface area contributed by atoms with Crippen LogP contribution < -0.4 is 5.32 Å². The van der Waals surface area contributed by atoms with Gasteiger partial charge in [-0.05, 0) is 31.9 Å². The number of aromatic nitrogens is 2. The number of fused-ring (bicyclic) bond motifs is 3. The highest BCUT2D eigenvalue weighted by Gasteiger charge is 2.26. The van der Waals surface area contributed by atoms with Gasteiger partial charge in [-0.2, -0.15) is 0 Å². The summed E-state index contributed by atoms with van der Waals surface area (Å²) in [5, 5.41) is 3.48. The van der Waals surface area contributed by atoms with E-state index in [-0.39, 0.29) is 0 Å². The molecule has 0 radical (unpaired) electrons. The Morgan fingerprint density at radius 3 is 3.24 bits per heavy atom. The van der Waals surface area contributed by atoms with E-state index in [0.717, 1.165) is 36.7 Å². The van der Waals surface area contributed by atoms with E-state index < -0.39 is 0 Å². The molecular weight excluding hydrogens is 214 g/mol. The van der Waals surface area contributed by atoms with E-state index in [1.807, 2.05) is 6.07 Å². The van der Waals surface area contributed by atoms with Gasteiger partial charge in [0.2, 0.25) is 0 Å². The number of hydrogen-bond donors (Lipinski definition) is 2. The molecule has 4 nitrogen and oxygen atoms in total. The number of rotatable bonds is 1. The Morgan fingerprint density at radius 2 is 2.35 bits per heavy atom. The van der Waals surface area contributed by atoms with E-state index in [1.165, 1.54) is 24.1 Å². The molecule has 2 aromatic heterocycles. The van der Waals surface area contributed by atoms with Crippen molar-refractivity contribution >= 4 is 0 Å². The minimum atomic E-state index is 0.413. The maximum absolute atomic E-state index is 5.48. The van der Waals surface area contributed by atoms with Crippen molar-refractivity contribution < 1.29 is 4.42 Å². The van der Waals surface area contributed by atoms with Crippen molar-refractivity contribution in [1.82, 2.24) is 15.3 Å². The van der Waals surface area contributed by atoms with Crippen LogP contribution >= 0.6 is 0 Å². The Kier molecular flexibility index (Phi) is 1.93. The van der Waals surface area contributed by atoms with Crippen LogP contribution in [-0.2, 0) is 12.8 Å². The van der Waals surface area contributed by atoms with Crippen molar-refractivity contribution in [2.24, 2.45) is 0 Å². The standard InChI is InChI=1S/C13H15N3O/c1-2-10(14-6-1)13-15-9-3-4-11-8(5-7-17-11)12(9)16-13/h5,7,10,14H,1-4,6H2,(H,15,16). The molecule has 88 valence electrons. The lowest BCUT2D eigenvalue weighted by atomic mass is 10.00. The number of aryl methyl sites for hydroxylation is 2. The largest absolute Gasteiger partial charge is 0.469 e. The molecule has 1 aliphatic carbocycles. The molecule has 0 spiro atoms. The summed E-state index contributed by atoms with van der Waals surface area (Å²) in [5.74, 6) is 2.18. The fraction of sp³-hybridized carbons (Fsp3) is 0.462. The molecule has 2 aromatic rings. The minimum absolute atomic E-state index is 0.413. The van der Waals surface area contributed by atoms with Gasteiger partial charge in [-0.3, -0.25) is 0 Å². The third-order valence-electron chi connectivity index (χ3n) is 3.79. The molecule has 4 heteroatoms. The third-order valence-corrected chi connectivity index (χ3v) is 3.79. The van der Waals surface area contributed by atoms with Crippen LogP contribution in [0, 0.1) is 0 Å². The highest BCUT2D eigenvalue weighted by molar-refractivity contribution is 5.66. The molecule has 1 saturated heterocycles. The highest BCUT2D eigenvalue weighted by atomic mass is 16.3. The zero-order valence-corrected chi connectivity index (χ0v) is 9.62. The molecule has 3 heterocycles. The van der Waals surface area contributed by atoms with Crippen LogP contribution in [0.25, 0.3) is 11.3 Å². The molecule has 17 heavy (non-hydrogen) atoms. The van der Waals surface area contributed by atoms with Gasteiger partial charge in [0.05, 0.1) is 18.0 Å². The van der Waals surface area contributed by atoms with Gasteiger partial charge in [0.25, 0.3) is 0 Å². The molecule has 4 rings (SSSR count). The second kappa shape index (κ2) is 3.47. The lowest BCUT2D eigenvalue weighted by molar-refractivity contribution is 0.506. The summed E-state index contributed by atoms with van der Waals surface area (Å²) in [6, 6.07) is 2.44. The quantitative estimate of drug-likeness (QED) is 0.788. The number of hydrogen-bond acceptors (Lipinski definition) is 3. The lowest BCUT2D eigenvalue weighted by Crippen LogP contribution is -2.14. The molecule has 1 atom stereocenters. The number of nitrogens with zero attached hydrogens (tertiary/aromatic N) is 1. The summed E-state index contributed by atoms with van der Waals surface area (Å²) in [7, 11) is 0. The summed E-state index contributed by atoms with van der Waals surface area (Å²) in [5.41, 5.74) is 3.54. The van der Waals surface area contributed by atoms with Crippen LogP contribution in [0.4, 0.5) is 0 Å². The molecule has 0 saturated carbocycles. The fourth-order valence-electron chi connectivity index (χ4n) is 2.90. The van der Waals surface area contributed by atoms with Gasteiger partial charge in [-0.15, -0.1) is 0 Å². The van der Waals surface area contributed by atoms with Gasteiger partial charge in [-0.1, -0.05) is 0 Å². The first-order chi connectivity index (χ1) is 8.42. The van der Waals surface area contributed by atoms with E-state index in [2.05, 4.69) is 10.3 Å². The SMILES string of the molecule is c1cc2c(o1)CCc1[nH]c(C3CCCN3)nc1-2. The van der Waals surface area contributed by atoms with Gasteiger partial charge >= 0.3 is 0 Å². The normalized spacial score (nSPS) is 22.5. The molecule has 2 N–H and O–H groups in total. The van der Waals surface area contributed by atoms with Crippen LogP contribution in [-0.4, -0.2) is 16.5 Å². The molecule has 0 aromatic carbocycles. The van der Waals surface area contributed by atoms with Crippen molar-refractivity contribution in [3.8, 4) is 11.3 Å². The lowest BCUT2D eigenvalue weighted by Gasteiger charge is -2.08. The summed E-state index contributed by atoms with van der Waals surface area (Å²) < 4.78 is 5.48. The Labute approximate surface area is 99.4 Å². The van der Waals surface area contributed by atoms with Crippen LogP contribution in [0.15, 0.2) is 16.7 Å². The molecule has 1 unspecified atom stereocenters. The highest BCUT2D eigenvalue weighted by Crippen LogP contribution is 2.34. The first-order valence-electron chi connectivity index (χ1n) is 6.31. The Hall–Kier alpha value is -1.55. The van der Waals surface area contributed by atoms with E-state index in [1.54, 1.807) is 6.26 Å². The number of aromatic amines is 1. The minimum Gasteiger partial charge on any atom is -0.469 e. The van der Waals surface area contributed by atoms with Crippen LogP contribution in [0.3, 0.4) is 0 Å². The topological polar surface area (TPSA) is 53.9 Å². The number of nitrogens with one attached hydrogen (secondary N) is 2. The van der Waals surface area contributed by atoms with Crippen LogP contribution in [0.1, 0.15) is 36.2 Å². The fourth-order valence-corrected chi connectivity index (χ4v) is 2.90. The predicted molar refractivity (Wildman–Crippen MR) is 63.7 cm³/mol. The van der Waals surface area contributed by atoms with Gasteiger partial charge in [0, 0.05) is 17.7 Å². The van der Waals surface area contributed by atoms with E-state index in [0.29, 0.717) is 6.04 Å². The zero-order chi connectivity index (χ0) is 11.2. The summed E-state index contributed by atoms with van der Waals surface area (Å²) in [4.78, 5) is 8.26. The number of imidazole rings is 1. The zero-order valence-electron chi connectivity index (χ0n) is 9.62. The van der Waals surface area contributed by atoms with E-state index in [9.17, 15) is 0 Å². The van der Waals surface area contributed by atoms with Crippen molar-refractivity contribution in [2.45, 2.75) is 31.7 Å². The van der Waals surface area contributed by atoms with Gasteiger partial charge < -0.3 is 14.7 Å². The maximum Gasteiger partial charge on any atom is 0.124 e. The summed E-state index contributed by atoms with van der Waals surface area (Å²) in [6.45, 7) is 1.10. The maximum atomic E-state index is 5.48. The Bertz CT molecular complexity index is 549. The third kappa shape index (κ3) is 1.37. The van der Waals surface area contributed by atoms with E-state index in [4.69, 9.17) is 9.40 Å². The van der Waals surface area contributed by atoms with Crippen LogP contribution in [0.5, 0.6) is 0 Å². The molecule has 0 amide bonds. The predicted octanol–water partition coefficient (Wildman–Crippen LogP) is 2.19. The smallest absolute Gasteiger partial charge is 0.124 e. The molecule has 1 aliphatic heterocycles. The van der Waals surface area contributed by atoms with Crippen LogP contribution in [0.2, 0.25) is 0 Å².